The number of hydrogen-bond donors (Lipinski definition) is 3. The Labute approximate surface area is 185 Å². The monoisotopic (exact) mass is 521 g/mol. The molecule has 0 amide bonds. The fourth-order valence-corrected chi connectivity index (χ4v) is 4.50. The van der Waals surface area contributed by atoms with Crippen molar-refractivity contribution in [2.24, 2.45) is 4.99 Å². The van der Waals surface area contributed by atoms with Gasteiger partial charge in [-0.15, -0.1) is 24.0 Å². The number of piperidine rings is 1. The van der Waals surface area contributed by atoms with Crippen LogP contribution in [0.1, 0.15) is 37.7 Å². The number of aliphatic imine (C=N–C) groups is 1. The molecule has 1 heterocycles. The molecule has 1 saturated carbocycles. The highest BCUT2D eigenvalue weighted by atomic mass is 127. The second-order valence-electron chi connectivity index (χ2n) is 7.29. The first-order valence-corrected chi connectivity index (χ1v) is 11.3. The van der Waals surface area contributed by atoms with Crippen molar-refractivity contribution in [2.75, 3.05) is 33.2 Å². The van der Waals surface area contributed by atoms with Gasteiger partial charge in [-0.3, -0.25) is 4.99 Å². The number of guanidine groups is 1. The molecule has 0 spiro atoms. The molecule has 7 nitrogen and oxygen atoms in total. The molecule has 1 aromatic carbocycles. The normalized spacial score (nSPS) is 18.4. The summed E-state index contributed by atoms with van der Waals surface area (Å²) in [7, 11) is -1.62. The van der Waals surface area contributed by atoms with Gasteiger partial charge in [0.25, 0.3) is 0 Å². The van der Waals surface area contributed by atoms with Gasteiger partial charge >= 0.3 is 0 Å². The summed E-state index contributed by atoms with van der Waals surface area (Å²) in [6.45, 7) is 4.88. The fraction of sp³-hybridized carbons (Fsp3) is 0.632. The van der Waals surface area contributed by atoms with Crippen molar-refractivity contribution in [1.82, 2.24) is 20.3 Å². The molecule has 1 aliphatic carbocycles. The van der Waals surface area contributed by atoms with Crippen LogP contribution in [0, 0.1) is 0 Å². The Hall–Kier alpha value is -0.910. The lowest BCUT2D eigenvalue weighted by molar-refractivity contribution is 0.232. The van der Waals surface area contributed by atoms with Gasteiger partial charge in [0.2, 0.25) is 10.0 Å². The summed E-state index contributed by atoms with van der Waals surface area (Å²) in [6.07, 6.45) is 5.82. The lowest BCUT2D eigenvalue weighted by atomic mass is 10.1. The zero-order chi connectivity index (χ0) is 19.1. The van der Waals surface area contributed by atoms with Gasteiger partial charge in [0.1, 0.15) is 0 Å². The van der Waals surface area contributed by atoms with Crippen LogP contribution in [-0.4, -0.2) is 58.5 Å². The molecule has 1 aliphatic heterocycles. The van der Waals surface area contributed by atoms with Gasteiger partial charge in [0.15, 0.2) is 5.96 Å². The van der Waals surface area contributed by atoms with Gasteiger partial charge in [-0.25, -0.2) is 13.1 Å². The molecule has 0 radical (unpaired) electrons. The second kappa shape index (κ2) is 11.3. The fourth-order valence-electron chi connectivity index (χ4n) is 3.20. The molecule has 9 heteroatoms. The average Bonchev–Trinajstić information content (AvgIpc) is 3.49. The van der Waals surface area contributed by atoms with Crippen LogP contribution in [0.25, 0.3) is 0 Å². The summed E-state index contributed by atoms with van der Waals surface area (Å²) in [5.74, 6) is 0.763. The Balaban J connectivity index is 0.00000280. The lowest BCUT2D eigenvalue weighted by Crippen LogP contribution is -2.42. The van der Waals surface area contributed by atoms with Crippen LogP contribution in [0.4, 0.5) is 0 Å². The number of likely N-dealkylation sites (tertiary alicyclic amines) is 1. The maximum atomic E-state index is 12.2. The SMILES string of the molecule is CN=C(NCCN1CCCCC1)NCc1ccc(S(=O)(=O)NC2CC2)cc1.I. The molecule has 158 valence electrons. The van der Waals surface area contributed by atoms with Crippen molar-refractivity contribution in [2.45, 2.75) is 49.6 Å². The Kier molecular flexibility index (Phi) is 9.45. The highest BCUT2D eigenvalue weighted by molar-refractivity contribution is 14.0. The number of rotatable bonds is 8. The van der Waals surface area contributed by atoms with E-state index in [1.807, 2.05) is 12.1 Å². The first kappa shape index (κ1) is 23.4. The molecule has 1 aromatic rings. The Morgan fingerprint density at radius 2 is 1.79 bits per heavy atom. The van der Waals surface area contributed by atoms with E-state index < -0.39 is 10.0 Å². The van der Waals surface area contributed by atoms with Crippen molar-refractivity contribution >= 4 is 40.0 Å². The maximum Gasteiger partial charge on any atom is 0.240 e. The molecule has 0 unspecified atom stereocenters. The maximum absolute atomic E-state index is 12.2. The highest BCUT2D eigenvalue weighted by Gasteiger charge is 2.27. The van der Waals surface area contributed by atoms with Gasteiger partial charge in [-0.05, 0) is 56.5 Å². The summed E-state index contributed by atoms with van der Waals surface area (Å²) in [4.78, 5) is 7.06. The van der Waals surface area contributed by atoms with Crippen molar-refractivity contribution in [3.05, 3.63) is 29.8 Å². The predicted octanol–water partition coefficient (Wildman–Crippen LogP) is 1.90. The van der Waals surface area contributed by atoms with E-state index in [1.165, 1.54) is 32.4 Å². The van der Waals surface area contributed by atoms with E-state index in [2.05, 4.69) is 25.2 Å². The van der Waals surface area contributed by atoms with Crippen LogP contribution in [0.15, 0.2) is 34.2 Å². The minimum Gasteiger partial charge on any atom is -0.355 e. The minimum absolute atomic E-state index is 0. The number of nitrogens with zero attached hydrogens (tertiary/aromatic N) is 2. The van der Waals surface area contributed by atoms with Gasteiger partial charge < -0.3 is 15.5 Å². The smallest absolute Gasteiger partial charge is 0.240 e. The average molecular weight is 521 g/mol. The third-order valence-electron chi connectivity index (χ3n) is 4.99. The second-order valence-corrected chi connectivity index (χ2v) is 9.01. The molecule has 2 fully saturated rings. The Morgan fingerprint density at radius 3 is 2.39 bits per heavy atom. The molecule has 3 N–H and O–H groups in total. The molecular formula is C19H32IN5O2S. The van der Waals surface area contributed by atoms with E-state index >= 15 is 0 Å². The third kappa shape index (κ3) is 7.49. The van der Waals surface area contributed by atoms with Gasteiger partial charge in [0, 0.05) is 32.7 Å². The summed E-state index contributed by atoms with van der Waals surface area (Å²) in [5, 5.41) is 6.62. The van der Waals surface area contributed by atoms with Gasteiger partial charge in [-0.2, -0.15) is 0 Å². The van der Waals surface area contributed by atoms with Gasteiger partial charge in [-0.1, -0.05) is 18.6 Å². The van der Waals surface area contributed by atoms with Crippen molar-refractivity contribution in [3.63, 3.8) is 0 Å². The van der Waals surface area contributed by atoms with E-state index in [-0.39, 0.29) is 30.0 Å². The van der Waals surface area contributed by atoms with Crippen LogP contribution < -0.4 is 15.4 Å². The minimum atomic E-state index is -3.38. The first-order valence-electron chi connectivity index (χ1n) is 9.85. The number of hydrogen-bond acceptors (Lipinski definition) is 4. The molecule has 2 aliphatic rings. The standard InChI is InChI=1S/C19H31N5O2S.HI/c1-20-19(21-11-14-24-12-3-2-4-13-24)22-15-16-5-9-18(10-6-16)27(25,26)23-17-7-8-17;/h5-6,9-10,17,23H,2-4,7-8,11-15H2,1H3,(H2,20,21,22);1H. The number of sulfonamides is 1. The van der Waals surface area contributed by atoms with Crippen molar-refractivity contribution in [3.8, 4) is 0 Å². The summed E-state index contributed by atoms with van der Waals surface area (Å²) in [5.41, 5.74) is 1.01. The molecule has 0 aromatic heterocycles. The van der Waals surface area contributed by atoms with Crippen LogP contribution in [0.3, 0.4) is 0 Å². The number of benzene rings is 1. The van der Waals surface area contributed by atoms with E-state index in [0.717, 1.165) is 37.5 Å². The molecule has 1 saturated heterocycles. The van der Waals surface area contributed by atoms with Crippen LogP contribution in [0.2, 0.25) is 0 Å². The number of nitrogens with one attached hydrogen (secondary N) is 3. The Morgan fingerprint density at radius 1 is 1.11 bits per heavy atom. The van der Waals surface area contributed by atoms with Crippen LogP contribution in [-0.2, 0) is 16.6 Å². The Bertz CT molecular complexity index is 729. The lowest BCUT2D eigenvalue weighted by Gasteiger charge is -2.26. The number of halogens is 1. The topological polar surface area (TPSA) is 85.8 Å². The van der Waals surface area contributed by atoms with Crippen LogP contribution in [0.5, 0.6) is 0 Å². The van der Waals surface area contributed by atoms with Crippen LogP contribution >= 0.6 is 24.0 Å². The summed E-state index contributed by atoms with van der Waals surface area (Å²) in [6, 6.07) is 7.13. The van der Waals surface area contributed by atoms with E-state index in [9.17, 15) is 8.42 Å². The van der Waals surface area contributed by atoms with Gasteiger partial charge in [0.05, 0.1) is 4.90 Å². The zero-order valence-electron chi connectivity index (χ0n) is 16.5. The molecular weight excluding hydrogens is 489 g/mol. The summed E-state index contributed by atoms with van der Waals surface area (Å²) < 4.78 is 27.1. The third-order valence-corrected chi connectivity index (χ3v) is 6.52. The first-order chi connectivity index (χ1) is 13.1. The van der Waals surface area contributed by atoms with Crippen molar-refractivity contribution in [1.29, 1.82) is 0 Å². The molecule has 0 bridgehead atoms. The van der Waals surface area contributed by atoms with Crippen molar-refractivity contribution < 1.29 is 8.42 Å². The van der Waals surface area contributed by atoms with E-state index in [4.69, 9.17) is 0 Å². The molecule has 28 heavy (non-hydrogen) atoms. The van der Waals surface area contributed by atoms with E-state index in [1.54, 1.807) is 19.2 Å². The largest absolute Gasteiger partial charge is 0.355 e. The molecule has 3 rings (SSSR count). The quantitative estimate of drug-likeness (QED) is 0.277. The van der Waals surface area contributed by atoms with E-state index in [0.29, 0.717) is 11.4 Å². The highest BCUT2D eigenvalue weighted by Crippen LogP contribution is 2.22. The molecule has 0 atom stereocenters. The summed E-state index contributed by atoms with van der Waals surface area (Å²) >= 11 is 0. The zero-order valence-corrected chi connectivity index (χ0v) is 19.6. The predicted molar refractivity (Wildman–Crippen MR) is 124 cm³/mol.